The van der Waals surface area contributed by atoms with Gasteiger partial charge in [-0.2, -0.15) is 0 Å². The molecule has 0 unspecified atom stereocenters. The van der Waals surface area contributed by atoms with E-state index in [1.54, 1.807) is 19.2 Å². The monoisotopic (exact) mass is 306 g/mol. The van der Waals surface area contributed by atoms with Crippen LogP contribution in [-0.2, 0) is 9.59 Å². The van der Waals surface area contributed by atoms with E-state index >= 15 is 0 Å². The fourth-order valence-electron chi connectivity index (χ4n) is 2.08. The van der Waals surface area contributed by atoms with Crippen LogP contribution in [0.1, 0.15) is 19.3 Å². The second-order valence-electron chi connectivity index (χ2n) is 5.22. The average molecular weight is 306 g/mol. The number of carbonyl (C=O) groups excluding carboxylic acids is 2. The van der Waals surface area contributed by atoms with E-state index in [1.165, 1.54) is 0 Å². The van der Waals surface area contributed by atoms with Crippen molar-refractivity contribution >= 4 is 11.8 Å². The van der Waals surface area contributed by atoms with Crippen molar-refractivity contribution in [3.63, 3.8) is 0 Å². The molecular weight excluding hydrogens is 284 g/mol. The number of rotatable bonds is 8. The van der Waals surface area contributed by atoms with Gasteiger partial charge in [-0.25, -0.2) is 0 Å². The molecule has 2 rings (SSSR count). The number of nitrogens with one attached hydrogen (secondary N) is 2. The van der Waals surface area contributed by atoms with Crippen molar-refractivity contribution in [3.8, 4) is 11.5 Å². The van der Waals surface area contributed by atoms with E-state index in [4.69, 9.17) is 9.47 Å². The summed E-state index contributed by atoms with van der Waals surface area (Å²) in [6.45, 7) is 0.788. The molecule has 6 nitrogen and oxygen atoms in total. The average Bonchev–Trinajstić information content (AvgIpc) is 2.48. The van der Waals surface area contributed by atoms with Gasteiger partial charge in [0.1, 0.15) is 18.1 Å². The maximum atomic E-state index is 11.6. The molecule has 1 aliphatic rings. The molecule has 1 aromatic rings. The highest BCUT2D eigenvalue weighted by Gasteiger charge is 2.25. The Kier molecular flexibility index (Phi) is 6.06. The number of carbonyl (C=O) groups is 2. The van der Waals surface area contributed by atoms with Crippen LogP contribution >= 0.6 is 0 Å². The number of amides is 2. The van der Waals surface area contributed by atoms with Gasteiger partial charge in [0, 0.05) is 5.92 Å². The number of ether oxygens (including phenoxy) is 2. The van der Waals surface area contributed by atoms with Crippen LogP contribution in [0.4, 0.5) is 0 Å². The summed E-state index contributed by atoms with van der Waals surface area (Å²) in [5, 5.41) is 5.35. The van der Waals surface area contributed by atoms with Crippen LogP contribution in [0.15, 0.2) is 24.3 Å². The van der Waals surface area contributed by atoms with Crippen molar-refractivity contribution in [2.45, 2.75) is 19.3 Å². The highest BCUT2D eigenvalue weighted by molar-refractivity contribution is 5.86. The highest BCUT2D eigenvalue weighted by Crippen LogP contribution is 2.25. The molecule has 0 radical (unpaired) electrons. The number of hydrogen-bond donors (Lipinski definition) is 2. The van der Waals surface area contributed by atoms with Crippen molar-refractivity contribution < 1.29 is 19.1 Å². The molecule has 6 heteroatoms. The fourth-order valence-corrected chi connectivity index (χ4v) is 2.08. The largest absolute Gasteiger partial charge is 0.497 e. The predicted octanol–water partition coefficient (Wildman–Crippen LogP) is 1.11. The standard InChI is InChI=1S/C16H22N2O4/c1-21-13-5-7-14(8-6-13)22-10-9-17-15(19)11-18-16(20)12-3-2-4-12/h5-8,12H,2-4,9-11H2,1H3,(H,17,19)(H,18,20). The maximum Gasteiger partial charge on any atom is 0.239 e. The predicted molar refractivity (Wildman–Crippen MR) is 81.8 cm³/mol. The molecule has 1 fully saturated rings. The zero-order valence-electron chi connectivity index (χ0n) is 12.8. The Labute approximate surface area is 130 Å². The molecule has 22 heavy (non-hydrogen) atoms. The Morgan fingerprint density at radius 2 is 1.82 bits per heavy atom. The number of benzene rings is 1. The van der Waals surface area contributed by atoms with Gasteiger partial charge in [-0.05, 0) is 37.1 Å². The number of methoxy groups -OCH3 is 1. The van der Waals surface area contributed by atoms with E-state index in [0.717, 1.165) is 25.0 Å². The highest BCUT2D eigenvalue weighted by atomic mass is 16.5. The van der Waals surface area contributed by atoms with Crippen molar-refractivity contribution in [1.82, 2.24) is 10.6 Å². The van der Waals surface area contributed by atoms with E-state index in [0.29, 0.717) is 18.9 Å². The van der Waals surface area contributed by atoms with Crippen LogP contribution < -0.4 is 20.1 Å². The molecule has 1 aliphatic carbocycles. The third-order valence-electron chi connectivity index (χ3n) is 3.65. The summed E-state index contributed by atoms with van der Waals surface area (Å²) in [6.07, 6.45) is 2.97. The zero-order chi connectivity index (χ0) is 15.8. The topological polar surface area (TPSA) is 76.7 Å². The third kappa shape index (κ3) is 4.95. The molecule has 1 aromatic carbocycles. The van der Waals surface area contributed by atoms with Crippen LogP contribution in [0.25, 0.3) is 0 Å². The molecule has 0 aromatic heterocycles. The van der Waals surface area contributed by atoms with Gasteiger partial charge >= 0.3 is 0 Å². The van der Waals surface area contributed by atoms with Crippen LogP contribution in [-0.4, -0.2) is 38.6 Å². The molecule has 0 heterocycles. The first-order chi connectivity index (χ1) is 10.7. The minimum absolute atomic E-state index is 0.0177. The Balaban J connectivity index is 1.55. The summed E-state index contributed by atoms with van der Waals surface area (Å²) in [7, 11) is 1.61. The molecule has 0 saturated heterocycles. The summed E-state index contributed by atoms with van der Waals surface area (Å²) in [5.74, 6) is 1.37. The van der Waals surface area contributed by atoms with Crippen LogP contribution in [0, 0.1) is 5.92 Å². The van der Waals surface area contributed by atoms with E-state index in [-0.39, 0.29) is 24.3 Å². The van der Waals surface area contributed by atoms with Gasteiger partial charge in [0.05, 0.1) is 20.2 Å². The minimum Gasteiger partial charge on any atom is -0.497 e. The van der Waals surface area contributed by atoms with Gasteiger partial charge < -0.3 is 20.1 Å². The lowest BCUT2D eigenvalue weighted by Gasteiger charge is -2.23. The van der Waals surface area contributed by atoms with Gasteiger partial charge in [-0.1, -0.05) is 6.42 Å². The quantitative estimate of drug-likeness (QED) is 0.705. The summed E-state index contributed by atoms with van der Waals surface area (Å²) in [5.41, 5.74) is 0. The molecule has 0 aliphatic heterocycles. The Morgan fingerprint density at radius 1 is 1.14 bits per heavy atom. The van der Waals surface area contributed by atoms with Crippen molar-refractivity contribution in [1.29, 1.82) is 0 Å². The fraction of sp³-hybridized carbons (Fsp3) is 0.500. The summed E-state index contributed by atoms with van der Waals surface area (Å²) in [4.78, 5) is 23.1. The Bertz CT molecular complexity index is 497. The van der Waals surface area contributed by atoms with Crippen molar-refractivity contribution in [3.05, 3.63) is 24.3 Å². The molecule has 0 atom stereocenters. The normalized spacial score (nSPS) is 13.9. The molecule has 120 valence electrons. The van der Waals surface area contributed by atoms with E-state index < -0.39 is 0 Å². The van der Waals surface area contributed by atoms with Crippen LogP contribution in [0.2, 0.25) is 0 Å². The minimum atomic E-state index is -0.203. The molecule has 0 bridgehead atoms. The van der Waals surface area contributed by atoms with E-state index in [9.17, 15) is 9.59 Å². The van der Waals surface area contributed by atoms with Crippen LogP contribution in [0.3, 0.4) is 0 Å². The SMILES string of the molecule is COc1ccc(OCCNC(=O)CNC(=O)C2CCC2)cc1. The second kappa shape index (κ2) is 8.26. The van der Waals surface area contributed by atoms with Gasteiger partial charge in [-0.15, -0.1) is 0 Å². The first kappa shape index (κ1) is 16.1. The molecule has 1 saturated carbocycles. The van der Waals surface area contributed by atoms with Crippen molar-refractivity contribution in [2.75, 3.05) is 26.8 Å². The molecule has 2 amide bonds. The van der Waals surface area contributed by atoms with Gasteiger partial charge in [0.15, 0.2) is 0 Å². The summed E-state index contributed by atoms with van der Waals surface area (Å²) in [6, 6.07) is 7.23. The van der Waals surface area contributed by atoms with Gasteiger partial charge in [-0.3, -0.25) is 9.59 Å². The van der Waals surface area contributed by atoms with Gasteiger partial charge in [0.25, 0.3) is 0 Å². The first-order valence-corrected chi connectivity index (χ1v) is 7.50. The Hall–Kier alpha value is -2.24. The Morgan fingerprint density at radius 3 is 2.41 bits per heavy atom. The maximum absolute atomic E-state index is 11.6. The second-order valence-corrected chi connectivity index (χ2v) is 5.22. The lowest BCUT2D eigenvalue weighted by molar-refractivity contribution is -0.130. The van der Waals surface area contributed by atoms with E-state index in [2.05, 4.69) is 10.6 Å². The molecule has 0 spiro atoms. The van der Waals surface area contributed by atoms with Crippen LogP contribution in [0.5, 0.6) is 11.5 Å². The van der Waals surface area contributed by atoms with E-state index in [1.807, 2.05) is 12.1 Å². The van der Waals surface area contributed by atoms with Crippen molar-refractivity contribution in [2.24, 2.45) is 5.92 Å². The smallest absolute Gasteiger partial charge is 0.239 e. The third-order valence-corrected chi connectivity index (χ3v) is 3.65. The lowest BCUT2D eigenvalue weighted by Crippen LogP contribution is -2.42. The molecular formula is C16H22N2O4. The first-order valence-electron chi connectivity index (χ1n) is 7.50. The number of hydrogen-bond acceptors (Lipinski definition) is 4. The summed E-state index contributed by atoms with van der Waals surface area (Å²) >= 11 is 0. The molecule has 2 N–H and O–H groups in total. The zero-order valence-corrected chi connectivity index (χ0v) is 12.8. The summed E-state index contributed by atoms with van der Waals surface area (Å²) < 4.78 is 10.5. The lowest BCUT2D eigenvalue weighted by atomic mass is 9.85. The van der Waals surface area contributed by atoms with Gasteiger partial charge in [0.2, 0.25) is 11.8 Å².